The summed E-state index contributed by atoms with van der Waals surface area (Å²) in [5, 5.41) is 2.94. The Hall–Kier alpha value is -3.64. The number of nitrogens with zero attached hydrogens (tertiary/aromatic N) is 1. The molecule has 0 atom stereocenters. The van der Waals surface area contributed by atoms with Crippen molar-refractivity contribution < 1.29 is 19.1 Å². The molecule has 0 unspecified atom stereocenters. The summed E-state index contributed by atoms with van der Waals surface area (Å²) in [7, 11) is 0. The first-order valence-corrected chi connectivity index (χ1v) is 10.7. The Kier molecular flexibility index (Phi) is 6.82. The van der Waals surface area contributed by atoms with E-state index in [4.69, 9.17) is 9.47 Å². The average Bonchev–Trinajstić information content (AvgIpc) is 2.85. The van der Waals surface area contributed by atoms with E-state index in [1.54, 1.807) is 29.2 Å². The summed E-state index contributed by atoms with van der Waals surface area (Å²) < 4.78 is 11.1. The molecule has 0 radical (unpaired) electrons. The first-order valence-electron chi connectivity index (χ1n) is 10.7. The average molecular weight is 431 g/mol. The van der Waals surface area contributed by atoms with Crippen molar-refractivity contribution >= 4 is 17.5 Å². The Morgan fingerprint density at radius 1 is 0.938 bits per heavy atom. The number of nitrogens with one attached hydrogen (secondary N) is 1. The fraction of sp³-hybridized carbons (Fsp3) is 0.231. The first kappa shape index (κ1) is 21.6. The molecule has 0 bridgehead atoms. The SMILES string of the molecule is Cc1c(NC(=O)c2ccc(COc3ccccc3)cc2)cccc1C(=O)N1CCOCC1. The molecule has 1 N–H and O–H groups in total. The molecule has 6 heteroatoms. The molecule has 4 rings (SSSR count). The van der Waals surface area contributed by atoms with E-state index in [0.29, 0.717) is 49.7 Å². The largest absolute Gasteiger partial charge is 0.489 e. The number of rotatable bonds is 6. The molecule has 1 fully saturated rings. The minimum atomic E-state index is -0.223. The van der Waals surface area contributed by atoms with E-state index >= 15 is 0 Å². The number of hydrogen-bond donors (Lipinski definition) is 1. The van der Waals surface area contributed by atoms with Crippen LogP contribution in [-0.4, -0.2) is 43.0 Å². The van der Waals surface area contributed by atoms with Crippen LogP contribution in [0.25, 0.3) is 0 Å². The second-order valence-electron chi connectivity index (χ2n) is 7.64. The van der Waals surface area contributed by atoms with Crippen LogP contribution in [0.2, 0.25) is 0 Å². The predicted molar refractivity (Wildman–Crippen MR) is 123 cm³/mol. The number of carbonyl (C=O) groups is 2. The van der Waals surface area contributed by atoms with E-state index in [9.17, 15) is 9.59 Å². The Bertz CT molecular complexity index is 1070. The topological polar surface area (TPSA) is 67.9 Å². The predicted octanol–water partition coefficient (Wildman–Crippen LogP) is 4.30. The van der Waals surface area contributed by atoms with Crippen LogP contribution < -0.4 is 10.1 Å². The summed E-state index contributed by atoms with van der Waals surface area (Å²) >= 11 is 0. The van der Waals surface area contributed by atoms with Gasteiger partial charge in [0.05, 0.1) is 13.2 Å². The van der Waals surface area contributed by atoms with Gasteiger partial charge in [0, 0.05) is 29.9 Å². The lowest BCUT2D eigenvalue weighted by atomic mass is 10.0. The summed E-state index contributed by atoms with van der Waals surface area (Å²) in [5.41, 5.74) is 3.49. The van der Waals surface area contributed by atoms with Crippen molar-refractivity contribution in [3.63, 3.8) is 0 Å². The van der Waals surface area contributed by atoms with Crippen molar-refractivity contribution in [1.82, 2.24) is 4.90 Å². The number of hydrogen-bond acceptors (Lipinski definition) is 4. The van der Waals surface area contributed by atoms with Gasteiger partial charge in [0.25, 0.3) is 11.8 Å². The number of ether oxygens (including phenoxy) is 2. The summed E-state index contributed by atoms with van der Waals surface area (Å²) in [6.07, 6.45) is 0. The van der Waals surface area contributed by atoms with Crippen LogP contribution >= 0.6 is 0 Å². The second-order valence-corrected chi connectivity index (χ2v) is 7.64. The van der Waals surface area contributed by atoms with Gasteiger partial charge in [0.1, 0.15) is 12.4 Å². The molecule has 1 heterocycles. The molecule has 2 amide bonds. The number of morpholine rings is 1. The van der Waals surface area contributed by atoms with E-state index in [-0.39, 0.29) is 11.8 Å². The molecular weight excluding hydrogens is 404 g/mol. The number of para-hydroxylation sites is 1. The van der Waals surface area contributed by atoms with Crippen LogP contribution in [-0.2, 0) is 11.3 Å². The number of benzene rings is 3. The highest BCUT2D eigenvalue weighted by Gasteiger charge is 2.21. The second kappa shape index (κ2) is 10.1. The van der Waals surface area contributed by atoms with E-state index in [1.165, 1.54) is 0 Å². The zero-order chi connectivity index (χ0) is 22.3. The van der Waals surface area contributed by atoms with Gasteiger partial charge >= 0.3 is 0 Å². The van der Waals surface area contributed by atoms with Crippen LogP contribution in [0.15, 0.2) is 72.8 Å². The van der Waals surface area contributed by atoms with Crippen LogP contribution in [0, 0.1) is 6.92 Å². The molecule has 0 spiro atoms. The van der Waals surface area contributed by atoms with Gasteiger partial charge in [-0.25, -0.2) is 0 Å². The molecule has 32 heavy (non-hydrogen) atoms. The fourth-order valence-corrected chi connectivity index (χ4v) is 3.57. The van der Waals surface area contributed by atoms with Crippen LogP contribution in [0.5, 0.6) is 5.75 Å². The van der Waals surface area contributed by atoms with Gasteiger partial charge in [-0.2, -0.15) is 0 Å². The van der Waals surface area contributed by atoms with E-state index < -0.39 is 0 Å². The molecule has 0 aliphatic carbocycles. The minimum Gasteiger partial charge on any atom is -0.489 e. The molecule has 1 aliphatic rings. The third-order valence-electron chi connectivity index (χ3n) is 5.48. The van der Waals surface area contributed by atoms with Crippen LogP contribution in [0.3, 0.4) is 0 Å². The highest BCUT2D eigenvalue weighted by atomic mass is 16.5. The molecular formula is C26H26N2O4. The van der Waals surface area contributed by atoms with Gasteiger partial charge in [-0.1, -0.05) is 36.4 Å². The van der Waals surface area contributed by atoms with Gasteiger partial charge in [-0.15, -0.1) is 0 Å². The fourth-order valence-electron chi connectivity index (χ4n) is 3.57. The standard InChI is InChI=1S/C26H26N2O4/c1-19-23(26(30)28-14-16-31-17-15-28)8-5-9-24(19)27-25(29)21-12-10-20(11-13-21)18-32-22-6-3-2-4-7-22/h2-13H,14-18H2,1H3,(H,27,29). The molecule has 1 aliphatic heterocycles. The Morgan fingerprint density at radius 3 is 2.38 bits per heavy atom. The van der Waals surface area contributed by atoms with Gasteiger partial charge in [-0.05, 0) is 54.4 Å². The summed E-state index contributed by atoms with van der Waals surface area (Å²) in [4.78, 5) is 27.4. The van der Waals surface area contributed by atoms with Crippen molar-refractivity contribution in [2.24, 2.45) is 0 Å². The van der Waals surface area contributed by atoms with Crippen LogP contribution in [0.4, 0.5) is 5.69 Å². The van der Waals surface area contributed by atoms with Crippen molar-refractivity contribution in [2.75, 3.05) is 31.6 Å². The highest BCUT2D eigenvalue weighted by Crippen LogP contribution is 2.22. The Labute approximate surface area is 187 Å². The lowest BCUT2D eigenvalue weighted by Gasteiger charge is -2.27. The maximum atomic E-state index is 12.9. The molecule has 164 valence electrons. The van der Waals surface area contributed by atoms with Gasteiger partial charge in [0.15, 0.2) is 0 Å². The van der Waals surface area contributed by atoms with Crippen LogP contribution in [0.1, 0.15) is 31.8 Å². The summed E-state index contributed by atoms with van der Waals surface area (Å²) in [6.45, 7) is 4.54. The smallest absolute Gasteiger partial charge is 0.255 e. The zero-order valence-corrected chi connectivity index (χ0v) is 18.0. The van der Waals surface area contributed by atoms with Gasteiger partial charge in [-0.3, -0.25) is 9.59 Å². The quantitative estimate of drug-likeness (QED) is 0.633. The van der Waals surface area contributed by atoms with Gasteiger partial charge in [0.2, 0.25) is 0 Å². The molecule has 3 aromatic rings. The third-order valence-corrected chi connectivity index (χ3v) is 5.48. The van der Waals surface area contributed by atoms with Crippen molar-refractivity contribution in [2.45, 2.75) is 13.5 Å². The maximum absolute atomic E-state index is 12.9. The first-order chi connectivity index (χ1) is 15.6. The molecule has 0 aromatic heterocycles. The lowest BCUT2D eigenvalue weighted by molar-refractivity contribution is 0.0302. The summed E-state index contributed by atoms with van der Waals surface area (Å²) in [5.74, 6) is 0.542. The normalized spacial score (nSPS) is 13.5. The van der Waals surface area contributed by atoms with E-state index in [1.807, 2.05) is 55.5 Å². The van der Waals surface area contributed by atoms with Crippen molar-refractivity contribution in [3.8, 4) is 5.75 Å². The minimum absolute atomic E-state index is 0.0373. The Balaban J connectivity index is 1.40. The van der Waals surface area contributed by atoms with Crippen molar-refractivity contribution in [1.29, 1.82) is 0 Å². The van der Waals surface area contributed by atoms with Crippen molar-refractivity contribution in [3.05, 3.63) is 95.1 Å². The number of carbonyl (C=O) groups excluding carboxylic acids is 2. The molecule has 0 saturated carbocycles. The van der Waals surface area contributed by atoms with E-state index in [2.05, 4.69) is 5.32 Å². The van der Waals surface area contributed by atoms with E-state index in [0.717, 1.165) is 16.9 Å². The zero-order valence-electron chi connectivity index (χ0n) is 18.0. The summed E-state index contributed by atoms with van der Waals surface area (Å²) in [6, 6.07) is 22.3. The maximum Gasteiger partial charge on any atom is 0.255 e. The molecule has 1 saturated heterocycles. The number of anilines is 1. The van der Waals surface area contributed by atoms with Gasteiger partial charge < -0.3 is 19.7 Å². The molecule has 3 aromatic carbocycles. The lowest BCUT2D eigenvalue weighted by Crippen LogP contribution is -2.41. The number of amides is 2. The molecule has 6 nitrogen and oxygen atoms in total. The highest BCUT2D eigenvalue weighted by molar-refractivity contribution is 6.06. The Morgan fingerprint density at radius 2 is 1.66 bits per heavy atom. The third kappa shape index (κ3) is 5.15. The monoisotopic (exact) mass is 430 g/mol.